The maximum absolute atomic E-state index is 14.2. The number of ether oxygens (including phenoxy) is 2. The van der Waals surface area contributed by atoms with Crippen molar-refractivity contribution in [3.8, 4) is 0 Å². The monoisotopic (exact) mass is 886 g/mol. The van der Waals surface area contributed by atoms with Crippen LogP contribution in [-0.4, -0.2) is 115 Å². The van der Waals surface area contributed by atoms with Crippen LogP contribution in [0.4, 0.5) is 0 Å². The van der Waals surface area contributed by atoms with Crippen LogP contribution in [0, 0.1) is 35.5 Å². The highest BCUT2D eigenvalue weighted by atomic mass is 16.6. The van der Waals surface area contributed by atoms with Crippen molar-refractivity contribution in [2.24, 2.45) is 35.5 Å². The molecule has 3 aliphatic rings. The molecule has 0 radical (unpaired) electrons. The van der Waals surface area contributed by atoms with E-state index >= 15 is 0 Å². The van der Waals surface area contributed by atoms with Gasteiger partial charge in [-0.05, 0) is 107 Å². The number of carbonyl (C=O) groups is 5. The molecule has 63 heavy (non-hydrogen) atoms. The van der Waals surface area contributed by atoms with Crippen LogP contribution < -0.4 is 0 Å². The number of allylic oxidation sites excluding steroid dienone is 6. The maximum atomic E-state index is 14.2. The van der Waals surface area contributed by atoms with E-state index in [9.17, 15) is 49.5 Å². The number of ketones is 3. The van der Waals surface area contributed by atoms with Crippen LogP contribution >= 0.6 is 0 Å². The number of hydrogen-bond donors (Lipinski definition) is 5. The van der Waals surface area contributed by atoms with E-state index in [4.69, 9.17) is 9.47 Å². The number of cyclic esters (lactones) is 1. The molecule has 2 heterocycles. The van der Waals surface area contributed by atoms with E-state index in [1.807, 2.05) is 32.9 Å². The van der Waals surface area contributed by atoms with Crippen LogP contribution in [0.25, 0.3) is 0 Å². The minimum atomic E-state index is -2.53. The Balaban J connectivity index is 1.96. The van der Waals surface area contributed by atoms with Crippen molar-refractivity contribution in [2.45, 2.75) is 188 Å². The second-order valence-corrected chi connectivity index (χ2v) is 19.1. The van der Waals surface area contributed by atoms with Crippen molar-refractivity contribution in [1.82, 2.24) is 4.90 Å². The zero-order valence-electron chi connectivity index (χ0n) is 39.2. The van der Waals surface area contributed by atoms with Crippen molar-refractivity contribution < 1.29 is 59.0 Å². The highest BCUT2D eigenvalue weighted by molar-refractivity contribution is 6.39. The van der Waals surface area contributed by atoms with E-state index in [1.165, 1.54) is 0 Å². The summed E-state index contributed by atoms with van der Waals surface area (Å²) in [4.78, 5) is 70.0. The molecule has 1 amide bonds. The number of fused-ring (bicyclic) bond motifs is 1. The van der Waals surface area contributed by atoms with Gasteiger partial charge in [0.15, 0.2) is 5.78 Å². The molecule has 1 saturated carbocycles. The first-order valence-corrected chi connectivity index (χ1v) is 23.6. The van der Waals surface area contributed by atoms with Gasteiger partial charge in [0.2, 0.25) is 5.79 Å². The first-order chi connectivity index (χ1) is 29.7. The van der Waals surface area contributed by atoms with Gasteiger partial charge in [-0.25, -0.2) is 4.79 Å². The minimum absolute atomic E-state index is 0.0232. The summed E-state index contributed by atoms with van der Waals surface area (Å²) in [5.74, 6) is -7.62. The summed E-state index contributed by atoms with van der Waals surface area (Å²) < 4.78 is 12.0. The molecule has 5 N–H and O–H groups in total. The summed E-state index contributed by atoms with van der Waals surface area (Å²) in [5.41, 5.74) is 0.933. The third-order valence-corrected chi connectivity index (χ3v) is 13.7. The summed E-state index contributed by atoms with van der Waals surface area (Å²) in [6, 6.07) is -1.15. The molecule has 1 aliphatic carbocycles. The van der Waals surface area contributed by atoms with E-state index in [0.717, 1.165) is 17.7 Å². The third kappa shape index (κ3) is 16.6. The highest BCUT2D eigenvalue weighted by Crippen LogP contribution is 2.34. The Morgan fingerprint density at radius 3 is 2.19 bits per heavy atom. The molecule has 0 bridgehead atoms. The molecule has 13 heteroatoms. The molecule has 13 nitrogen and oxygen atoms in total. The first-order valence-electron chi connectivity index (χ1n) is 23.6. The van der Waals surface area contributed by atoms with Gasteiger partial charge in [-0.3, -0.25) is 19.2 Å². The number of nitrogens with zero attached hydrogens (tertiary/aromatic N) is 1. The Kier molecular flexibility index (Phi) is 22.3. The average Bonchev–Trinajstić information content (AvgIpc) is 3.24. The molecule has 0 aromatic rings. The lowest BCUT2D eigenvalue weighted by Crippen LogP contribution is -2.58. The van der Waals surface area contributed by atoms with Crippen molar-refractivity contribution in [1.29, 1.82) is 0 Å². The number of piperidine rings is 1. The average molecular weight is 886 g/mol. The zero-order valence-corrected chi connectivity index (χ0v) is 39.2. The third-order valence-electron chi connectivity index (χ3n) is 13.7. The number of hydrogen-bond acceptors (Lipinski definition) is 12. The molecule has 11 atom stereocenters. The molecule has 1 saturated heterocycles. The highest BCUT2D eigenvalue weighted by Gasteiger charge is 2.49. The molecule has 3 rings (SSSR count). The van der Waals surface area contributed by atoms with Gasteiger partial charge in [0.05, 0.1) is 31.0 Å². The molecule has 2 fully saturated rings. The molecule has 0 aromatic carbocycles. The van der Waals surface area contributed by atoms with Gasteiger partial charge in [-0.2, -0.15) is 0 Å². The summed E-state index contributed by atoms with van der Waals surface area (Å²) in [6.07, 6.45) is 11.6. The number of carbonyl (C=O) groups excluding carboxylic acids is 5. The molecule has 11 unspecified atom stereocenters. The van der Waals surface area contributed by atoms with Gasteiger partial charge in [-0.15, -0.1) is 0 Å². The maximum Gasteiger partial charge on any atom is 0.329 e. The van der Waals surface area contributed by atoms with Crippen molar-refractivity contribution in [3.05, 3.63) is 47.6 Å². The fourth-order valence-electron chi connectivity index (χ4n) is 8.97. The fraction of sp³-hybridized carbons (Fsp3) is 0.740. The van der Waals surface area contributed by atoms with Crippen LogP contribution in [0.2, 0.25) is 0 Å². The van der Waals surface area contributed by atoms with Crippen molar-refractivity contribution >= 4 is 29.2 Å². The number of rotatable bonds is 5. The summed E-state index contributed by atoms with van der Waals surface area (Å²) in [6.45, 7) is 14.0. The van der Waals surface area contributed by atoms with E-state index < -0.39 is 65.7 Å². The van der Waals surface area contributed by atoms with Gasteiger partial charge >= 0.3 is 5.97 Å². The number of Topliss-reactive ketones (excluding diaryl/α,β-unsaturated/α-hetero) is 3. The number of aliphatic hydroxyl groups is 5. The Bertz CT molecular complexity index is 1640. The van der Waals surface area contributed by atoms with Gasteiger partial charge < -0.3 is 39.9 Å². The van der Waals surface area contributed by atoms with Gasteiger partial charge in [0.25, 0.3) is 11.7 Å². The predicted molar refractivity (Wildman–Crippen MR) is 241 cm³/mol. The zero-order chi connectivity index (χ0) is 47.0. The number of esters is 1. The van der Waals surface area contributed by atoms with Crippen LogP contribution in [0.1, 0.15) is 145 Å². The Morgan fingerprint density at radius 2 is 1.52 bits per heavy atom. The normalized spacial score (nSPS) is 36.0. The first kappa shape index (κ1) is 54.0. The number of aliphatic hydroxyl groups excluding tert-OH is 4. The number of amides is 1. The molecule has 2 aliphatic heterocycles. The largest absolute Gasteiger partial charge is 0.460 e. The smallest absolute Gasteiger partial charge is 0.329 e. The fourth-order valence-corrected chi connectivity index (χ4v) is 8.97. The molecule has 0 spiro atoms. The minimum Gasteiger partial charge on any atom is -0.460 e. The lowest BCUT2D eigenvalue weighted by molar-refractivity contribution is -0.228. The molecule has 0 aromatic heterocycles. The topological polar surface area (TPSA) is 208 Å². The van der Waals surface area contributed by atoms with Gasteiger partial charge in [0, 0.05) is 50.0 Å². The Morgan fingerprint density at radius 1 is 0.841 bits per heavy atom. The van der Waals surface area contributed by atoms with Crippen LogP contribution in [-0.2, 0) is 33.4 Å². The van der Waals surface area contributed by atoms with Crippen molar-refractivity contribution in [3.63, 3.8) is 0 Å². The summed E-state index contributed by atoms with van der Waals surface area (Å²) >= 11 is 0. The van der Waals surface area contributed by atoms with Gasteiger partial charge in [0.1, 0.15) is 17.9 Å². The van der Waals surface area contributed by atoms with E-state index in [1.54, 1.807) is 58.9 Å². The van der Waals surface area contributed by atoms with Crippen molar-refractivity contribution in [2.75, 3.05) is 13.2 Å². The van der Waals surface area contributed by atoms with Crippen LogP contribution in [0.5, 0.6) is 0 Å². The molecular weight excluding hydrogens is 807 g/mol. The summed E-state index contributed by atoms with van der Waals surface area (Å²) in [7, 11) is 0. The lowest BCUT2D eigenvalue weighted by Gasteiger charge is -2.38. The second kappa shape index (κ2) is 26.0. The molecular formula is C50H79NO12. The molecule has 356 valence electrons. The van der Waals surface area contributed by atoms with E-state index in [0.29, 0.717) is 49.7 Å². The van der Waals surface area contributed by atoms with Crippen LogP contribution in [0.3, 0.4) is 0 Å². The lowest BCUT2D eigenvalue weighted by atomic mass is 9.80. The summed E-state index contributed by atoms with van der Waals surface area (Å²) in [5, 5.41) is 55.1. The van der Waals surface area contributed by atoms with E-state index in [2.05, 4.69) is 0 Å². The van der Waals surface area contributed by atoms with E-state index in [-0.39, 0.29) is 93.0 Å². The predicted octanol–water partition coefficient (Wildman–Crippen LogP) is 6.28. The quantitative estimate of drug-likeness (QED) is 0.153. The Hall–Kier alpha value is -3.33. The van der Waals surface area contributed by atoms with Gasteiger partial charge in [-0.1, -0.05) is 78.0 Å². The Labute approximate surface area is 376 Å². The van der Waals surface area contributed by atoms with Crippen LogP contribution in [0.15, 0.2) is 47.6 Å². The SMILES string of the molecule is CCC(C)C1(O)OCCC(O)C(C)=CC=CC=CC(C)CC(C)C(=O)CC(O)C(C)/C=C(/C)C(=O)CC(O)CC(C(C)CC2CCC(O)CC2)OC(=O)C2CCCCN2C(=O)C1=O. The standard InChI is InChI=1S/C50H79NO12/c1-9-37(8)50(61)47(58)48(59)51-23-14-13-17-41(51)49(60)63-46(36(7)27-38-18-20-39(52)21-19-38)29-40(53)28-43(55)34(5)26-35(6)45(57)30-44(56)33(4)25-31(2)15-11-10-12-16-32(3)42(54)22-24-62-50/h10-12,15-16,26,31,33,35-42,45-46,52-54,57,61H,9,13-14,17-25,27-30H2,1-8H3/b12-10?,15-11?,32-16?,34-26-. The second-order valence-electron chi connectivity index (χ2n) is 19.1.